The molecule has 0 fully saturated rings. The van der Waals surface area contributed by atoms with Crippen molar-refractivity contribution in [2.45, 2.75) is 0 Å². The number of aromatic nitrogens is 2. The Morgan fingerprint density at radius 3 is 2.91 bits per heavy atom. The van der Waals surface area contributed by atoms with Crippen LogP contribution in [0.4, 0.5) is 17.5 Å². The van der Waals surface area contributed by atoms with E-state index in [2.05, 4.69) is 25.7 Å². The predicted molar refractivity (Wildman–Crippen MR) is 37.8 cm³/mol. The first-order valence-corrected chi connectivity index (χ1v) is 3.10. The van der Waals surface area contributed by atoms with Crippen molar-refractivity contribution in [3.8, 4) is 0 Å². The molecule has 0 unspecified atom stereocenters. The lowest BCUT2D eigenvalue weighted by atomic mass is 10.5. The lowest BCUT2D eigenvalue weighted by Gasteiger charge is -1.95. The summed E-state index contributed by atoms with van der Waals surface area (Å²) in [5.41, 5.74) is 9.24. The van der Waals surface area contributed by atoms with E-state index in [0.717, 1.165) is 0 Å². The molecule has 55 valence electrons. The molecule has 0 saturated heterocycles. The lowest BCUT2D eigenvalue weighted by molar-refractivity contribution is 0.920. The van der Waals surface area contributed by atoms with Crippen LogP contribution in [-0.2, 0) is 0 Å². The third-order valence-corrected chi connectivity index (χ3v) is 1.39. The Morgan fingerprint density at radius 1 is 1.27 bits per heavy atom. The fourth-order valence-corrected chi connectivity index (χ4v) is 0.906. The molecular weight excluding hydrogens is 168 g/mol. The zero-order valence-corrected chi connectivity index (χ0v) is 5.95. The maximum Gasteiger partial charge on any atom is 0.223 e. The first-order valence-electron chi connectivity index (χ1n) is 2.72. The van der Waals surface area contributed by atoms with Gasteiger partial charge in [0, 0.05) is 0 Å². The van der Waals surface area contributed by atoms with E-state index in [1.54, 1.807) is 0 Å². The average Bonchev–Trinajstić information content (AvgIpc) is 2.34. The van der Waals surface area contributed by atoms with Crippen molar-refractivity contribution in [2.24, 2.45) is 10.3 Å². The van der Waals surface area contributed by atoms with Gasteiger partial charge < -0.3 is 5.73 Å². The molecule has 0 amide bonds. The number of nitrogens with two attached hydrogens (primary N) is 1. The van der Waals surface area contributed by atoms with E-state index in [9.17, 15) is 0 Å². The SMILES string of the molecule is Nc1nc(Cl)c2c(n1)N=N[N]2. The van der Waals surface area contributed by atoms with Crippen molar-refractivity contribution in [2.75, 3.05) is 5.73 Å². The Balaban J connectivity index is 2.66. The van der Waals surface area contributed by atoms with Crippen LogP contribution in [0, 0.1) is 0 Å². The normalized spacial score (nSPS) is 12.8. The molecule has 1 aromatic heterocycles. The highest BCUT2D eigenvalue weighted by Crippen LogP contribution is 2.33. The van der Waals surface area contributed by atoms with Crippen LogP contribution in [0.2, 0.25) is 5.15 Å². The smallest absolute Gasteiger partial charge is 0.223 e. The van der Waals surface area contributed by atoms with Crippen LogP contribution >= 0.6 is 11.6 Å². The number of halogens is 1. The number of anilines is 1. The van der Waals surface area contributed by atoms with Gasteiger partial charge in [0.05, 0.1) is 0 Å². The first-order chi connectivity index (χ1) is 5.27. The molecule has 1 aliphatic heterocycles. The summed E-state index contributed by atoms with van der Waals surface area (Å²) in [6, 6.07) is 0. The molecule has 0 aromatic carbocycles. The quantitative estimate of drug-likeness (QED) is 0.587. The largest absolute Gasteiger partial charge is 0.368 e. The van der Waals surface area contributed by atoms with Crippen molar-refractivity contribution in [3.63, 3.8) is 0 Å². The van der Waals surface area contributed by atoms with Crippen molar-refractivity contribution >= 4 is 29.1 Å². The van der Waals surface area contributed by atoms with E-state index in [-0.39, 0.29) is 11.1 Å². The zero-order valence-electron chi connectivity index (χ0n) is 5.19. The Hall–Kier alpha value is -1.43. The maximum atomic E-state index is 5.63. The fraction of sp³-hybridized carbons (Fsp3) is 0. The topological polar surface area (TPSA) is 90.6 Å². The molecular formula is C4H2ClN6. The number of nitrogen functional groups attached to an aromatic ring is 1. The van der Waals surface area contributed by atoms with Crippen LogP contribution < -0.4 is 11.2 Å². The van der Waals surface area contributed by atoms with Crippen LogP contribution in [-0.4, -0.2) is 9.97 Å². The number of fused-ring (bicyclic) bond motifs is 1. The van der Waals surface area contributed by atoms with Gasteiger partial charge in [0.1, 0.15) is 0 Å². The van der Waals surface area contributed by atoms with Crippen molar-refractivity contribution in [1.82, 2.24) is 15.4 Å². The maximum absolute atomic E-state index is 5.63. The molecule has 1 radical (unpaired) electrons. The minimum Gasteiger partial charge on any atom is -0.368 e. The van der Waals surface area contributed by atoms with Gasteiger partial charge >= 0.3 is 0 Å². The summed E-state index contributed by atoms with van der Waals surface area (Å²) >= 11 is 5.63. The highest BCUT2D eigenvalue weighted by molar-refractivity contribution is 6.32. The number of nitrogens with zero attached hydrogens (tertiary/aromatic N) is 5. The Morgan fingerprint density at radius 2 is 2.09 bits per heavy atom. The van der Waals surface area contributed by atoms with E-state index in [0.29, 0.717) is 11.5 Å². The Bertz CT molecular complexity index is 334. The van der Waals surface area contributed by atoms with Crippen molar-refractivity contribution in [1.29, 1.82) is 0 Å². The molecule has 0 spiro atoms. The Kier molecular flexibility index (Phi) is 1.16. The van der Waals surface area contributed by atoms with Crippen LogP contribution in [0.15, 0.2) is 10.3 Å². The van der Waals surface area contributed by atoms with Crippen molar-refractivity contribution < 1.29 is 0 Å². The molecule has 0 saturated carbocycles. The molecule has 2 heterocycles. The van der Waals surface area contributed by atoms with Gasteiger partial charge in [-0.05, 0) is 5.22 Å². The van der Waals surface area contributed by atoms with E-state index in [4.69, 9.17) is 17.3 Å². The monoisotopic (exact) mass is 169 g/mol. The molecule has 0 bridgehead atoms. The van der Waals surface area contributed by atoms with Crippen LogP contribution in [0.1, 0.15) is 0 Å². The van der Waals surface area contributed by atoms with Crippen LogP contribution in [0.3, 0.4) is 0 Å². The van der Waals surface area contributed by atoms with Crippen LogP contribution in [0.25, 0.3) is 0 Å². The highest BCUT2D eigenvalue weighted by atomic mass is 35.5. The molecule has 2 N–H and O–H groups in total. The molecule has 1 aliphatic rings. The molecule has 0 atom stereocenters. The second-order valence-electron chi connectivity index (χ2n) is 1.83. The minimum absolute atomic E-state index is 0.0739. The molecule has 11 heavy (non-hydrogen) atoms. The lowest BCUT2D eigenvalue weighted by Crippen LogP contribution is -1.95. The third-order valence-electron chi connectivity index (χ3n) is 1.12. The summed E-state index contributed by atoms with van der Waals surface area (Å²) < 4.78 is 0. The molecule has 6 nitrogen and oxygen atoms in total. The second-order valence-corrected chi connectivity index (χ2v) is 2.19. The number of hydrogen-bond donors (Lipinski definition) is 1. The molecule has 1 aromatic rings. The molecule has 7 heteroatoms. The average molecular weight is 170 g/mol. The van der Waals surface area contributed by atoms with Gasteiger partial charge in [-0.1, -0.05) is 11.6 Å². The van der Waals surface area contributed by atoms with Gasteiger partial charge in [-0.3, -0.25) is 0 Å². The van der Waals surface area contributed by atoms with E-state index in [1.807, 2.05) is 0 Å². The van der Waals surface area contributed by atoms with Crippen molar-refractivity contribution in [3.05, 3.63) is 5.15 Å². The summed E-state index contributed by atoms with van der Waals surface area (Å²) in [5, 5.41) is 7.10. The van der Waals surface area contributed by atoms with E-state index in [1.165, 1.54) is 0 Å². The summed E-state index contributed by atoms with van der Waals surface area (Å²) in [6.07, 6.45) is 0. The fourth-order valence-electron chi connectivity index (χ4n) is 0.697. The number of rotatable bonds is 0. The summed E-state index contributed by atoms with van der Waals surface area (Å²) in [4.78, 5) is 7.41. The third kappa shape index (κ3) is 0.874. The van der Waals surface area contributed by atoms with Gasteiger partial charge in [0.15, 0.2) is 10.8 Å². The summed E-state index contributed by atoms with van der Waals surface area (Å²) in [5.74, 6) is 0.396. The second kappa shape index (κ2) is 2.03. The molecule has 2 rings (SSSR count). The van der Waals surface area contributed by atoms with Gasteiger partial charge in [-0.15, -0.1) is 10.5 Å². The Labute approximate surface area is 66.5 Å². The molecule has 0 aliphatic carbocycles. The van der Waals surface area contributed by atoms with Gasteiger partial charge in [0.25, 0.3) is 0 Å². The standard InChI is InChI=1S/C4H2ClN6/c5-2-1-3(10-11-9-1)8-4(6)7-2/h(H2,6,7,8). The minimum atomic E-state index is 0.0739. The van der Waals surface area contributed by atoms with Gasteiger partial charge in [-0.2, -0.15) is 9.97 Å². The van der Waals surface area contributed by atoms with E-state index < -0.39 is 0 Å². The van der Waals surface area contributed by atoms with Gasteiger partial charge in [-0.25, -0.2) is 0 Å². The summed E-state index contributed by atoms with van der Waals surface area (Å²) in [7, 11) is 0. The predicted octanol–water partition coefficient (Wildman–Crippen LogP) is 0.960. The highest BCUT2D eigenvalue weighted by Gasteiger charge is 2.17. The zero-order chi connectivity index (χ0) is 7.84. The van der Waals surface area contributed by atoms with Crippen LogP contribution in [0.5, 0.6) is 0 Å². The van der Waals surface area contributed by atoms with E-state index >= 15 is 0 Å². The summed E-state index contributed by atoms with van der Waals surface area (Å²) in [6.45, 7) is 0. The first kappa shape index (κ1) is 6.29. The number of hydrogen-bond acceptors (Lipinski definition) is 5. The van der Waals surface area contributed by atoms with Gasteiger partial charge in [0.2, 0.25) is 11.8 Å².